The van der Waals surface area contributed by atoms with E-state index in [9.17, 15) is 10.2 Å². The van der Waals surface area contributed by atoms with Gasteiger partial charge in [0, 0.05) is 12.0 Å². The van der Waals surface area contributed by atoms with Gasteiger partial charge in [-0.3, -0.25) is 0 Å². The average molecular weight is 214 g/mol. The molecule has 0 radical (unpaired) electrons. The molecule has 0 saturated carbocycles. The van der Waals surface area contributed by atoms with Crippen molar-refractivity contribution in [1.82, 2.24) is 0 Å². The summed E-state index contributed by atoms with van der Waals surface area (Å²) in [6.07, 6.45) is 0.192. The molecule has 0 aromatic heterocycles. The van der Waals surface area contributed by atoms with Gasteiger partial charge in [0.05, 0.1) is 0 Å². The Morgan fingerprint density at radius 2 is 1.25 bits per heavy atom. The summed E-state index contributed by atoms with van der Waals surface area (Å²) in [6.45, 7) is 0. The van der Waals surface area contributed by atoms with Crippen LogP contribution >= 0.6 is 0 Å². The number of aliphatic hydroxyl groups is 2. The standard InChI is InChI=1S/C14H14O2/c15-14(16,13-9-5-2-6-10-13)11-12-7-3-1-4-8-12/h1-10,15-16H,11H2. The lowest BCUT2D eigenvalue weighted by Gasteiger charge is -2.22. The van der Waals surface area contributed by atoms with Gasteiger partial charge in [-0.1, -0.05) is 60.7 Å². The van der Waals surface area contributed by atoms with Crippen LogP contribution in [-0.2, 0) is 12.2 Å². The van der Waals surface area contributed by atoms with Crippen molar-refractivity contribution in [3.8, 4) is 0 Å². The molecule has 0 saturated heterocycles. The first-order chi connectivity index (χ1) is 7.68. The van der Waals surface area contributed by atoms with Gasteiger partial charge < -0.3 is 10.2 Å². The second kappa shape index (κ2) is 4.47. The highest BCUT2D eigenvalue weighted by Gasteiger charge is 2.25. The van der Waals surface area contributed by atoms with Gasteiger partial charge in [-0.15, -0.1) is 0 Å². The molecule has 2 aromatic carbocycles. The molecule has 2 aromatic rings. The van der Waals surface area contributed by atoms with Crippen LogP contribution in [0.5, 0.6) is 0 Å². The van der Waals surface area contributed by atoms with E-state index in [4.69, 9.17) is 0 Å². The highest BCUT2D eigenvalue weighted by Crippen LogP contribution is 2.22. The monoisotopic (exact) mass is 214 g/mol. The number of hydrogen-bond acceptors (Lipinski definition) is 2. The van der Waals surface area contributed by atoms with Gasteiger partial charge in [-0.2, -0.15) is 0 Å². The quantitative estimate of drug-likeness (QED) is 0.768. The third-order valence-corrected chi connectivity index (χ3v) is 2.53. The Bertz CT molecular complexity index is 435. The molecule has 0 unspecified atom stereocenters. The Balaban J connectivity index is 2.21. The van der Waals surface area contributed by atoms with Crippen molar-refractivity contribution in [2.45, 2.75) is 12.2 Å². The van der Waals surface area contributed by atoms with E-state index in [1.54, 1.807) is 24.3 Å². The zero-order valence-electron chi connectivity index (χ0n) is 8.88. The minimum atomic E-state index is -1.80. The van der Waals surface area contributed by atoms with Gasteiger partial charge in [0.25, 0.3) is 0 Å². The number of hydrogen-bond donors (Lipinski definition) is 2. The van der Waals surface area contributed by atoms with E-state index in [1.165, 1.54) is 0 Å². The molecule has 2 nitrogen and oxygen atoms in total. The predicted molar refractivity (Wildman–Crippen MR) is 62.7 cm³/mol. The summed E-state index contributed by atoms with van der Waals surface area (Å²) < 4.78 is 0. The van der Waals surface area contributed by atoms with Gasteiger partial charge in [0.15, 0.2) is 5.79 Å². The topological polar surface area (TPSA) is 40.5 Å². The van der Waals surface area contributed by atoms with Gasteiger partial charge in [0.1, 0.15) is 0 Å². The van der Waals surface area contributed by atoms with Gasteiger partial charge in [-0.25, -0.2) is 0 Å². The van der Waals surface area contributed by atoms with Gasteiger partial charge in [-0.05, 0) is 5.56 Å². The molecule has 0 aliphatic carbocycles. The second-order valence-corrected chi connectivity index (χ2v) is 3.85. The van der Waals surface area contributed by atoms with E-state index in [0.717, 1.165) is 5.56 Å². The molecule has 0 spiro atoms. The molecule has 0 aliphatic rings. The molecule has 0 fully saturated rings. The number of rotatable bonds is 3. The van der Waals surface area contributed by atoms with Crippen LogP contribution in [0, 0.1) is 0 Å². The van der Waals surface area contributed by atoms with Crippen LogP contribution < -0.4 is 0 Å². The van der Waals surface area contributed by atoms with Crippen molar-refractivity contribution in [1.29, 1.82) is 0 Å². The zero-order chi connectivity index (χ0) is 11.4. The summed E-state index contributed by atoms with van der Waals surface area (Å²) in [5.74, 6) is -1.80. The van der Waals surface area contributed by atoms with Crippen molar-refractivity contribution < 1.29 is 10.2 Å². The van der Waals surface area contributed by atoms with E-state index in [1.807, 2.05) is 36.4 Å². The first-order valence-electron chi connectivity index (χ1n) is 5.23. The Morgan fingerprint density at radius 1 is 0.750 bits per heavy atom. The van der Waals surface area contributed by atoms with Gasteiger partial charge >= 0.3 is 0 Å². The van der Waals surface area contributed by atoms with Crippen LogP contribution in [0.15, 0.2) is 60.7 Å². The first-order valence-corrected chi connectivity index (χ1v) is 5.23. The first kappa shape index (κ1) is 10.9. The molecule has 2 heteroatoms. The summed E-state index contributed by atoms with van der Waals surface area (Å²) in [4.78, 5) is 0. The second-order valence-electron chi connectivity index (χ2n) is 3.85. The Hall–Kier alpha value is -1.64. The van der Waals surface area contributed by atoms with Crippen molar-refractivity contribution in [3.05, 3.63) is 71.8 Å². The molecule has 0 amide bonds. The fraction of sp³-hybridized carbons (Fsp3) is 0.143. The summed E-state index contributed by atoms with van der Waals surface area (Å²) in [6, 6.07) is 18.3. The SMILES string of the molecule is OC(O)(Cc1ccccc1)c1ccccc1. The molecule has 0 aliphatic heterocycles. The molecule has 0 heterocycles. The molecule has 82 valence electrons. The normalized spacial score (nSPS) is 11.4. The van der Waals surface area contributed by atoms with Crippen LogP contribution in [0.3, 0.4) is 0 Å². The minimum Gasteiger partial charge on any atom is -0.362 e. The highest BCUT2D eigenvalue weighted by molar-refractivity contribution is 5.24. The smallest absolute Gasteiger partial charge is 0.193 e. The minimum absolute atomic E-state index is 0.192. The molecule has 2 N–H and O–H groups in total. The van der Waals surface area contributed by atoms with E-state index in [2.05, 4.69) is 0 Å². The summed E-state index contributed by atoms with van der Waals surface area (Å²) in [5, 5.41) is 20.0. The van der Waals surface area contributed by atoms with E-state index >= 15 is 0 Å². The third-order valence-electron chi connectivity index (χ3n) is 2.53. The Labute approximate surface area is 94.8 Å². The molecule has 0 atom stereocenters. The zero-order valence-corrected chi connectivity index (χ0v) is 8.88. The summed E-state index contributed by atoms with van der Waals surface area (Å²) >= 11 is 0. The highest BCUT2D eigenvalue weighted by atomic mass is 16.5. The lowest BCUT2D eigenvalue weighted by Crippen LogP contribution is -2.27. The molecule has 0 bridgehead atoms. The van der Waals surface area contributed by atoms with Crippen molar-refractivity contribution in [2.24, 2.45) is 0 Å². The maximum Gasteiger partial charge on any atom is 0.193 e. The molecule has 16 heavy (non-hydrogen) atoms. The van der Waals surface area contributed by atoms with Crippen LogP contribution in [-0.4, -0.2) is 10.2 Å². The largest absolute Gasteiger partial charge is 0.362 e. The fourth-order valence-corrected chi connectivity index (χ4v) is 1.69. The maximum absolute atomic E-state index is 9.99. The average Bonchev–Trinajstić information content (AvgIpc) is 2.31. The van der Waals surface area contributed by atoms with Crippen molar-refractivity contribution in [3.63, 3.8) is 0 Å². The molecule has 2 rings (SSSR count). The molecular formula is C14H14O2. The van der Waals surface area contributed by atoms with E-state index in [0.29, 0.717) is 5.56 Å². The van der Waals surface area contributed by atoms with Crippen LogP contribution in [0.25, 0.3) is 0 Å². The number of benzene rings is 2. The Morgan fingerprint density at radius 3 is 1.81 bits per heavy atom. The summed E-state index contributed by atoms with van der Waals surface area (Å²) in [5.41, 5.74) is 1.41. The maximum atomic E-state index is 9.99. The van der Waals surface area contributed by atoms with E-state index < -0.39 is 5.79 Å². The van der Waals surface area contributed by atoms with Crippen LogP contribution in [0.1, 0.15) is 11.1 Å². The fourth-order valence-electron chi connectivity index (χ4n) is 1.69. The van der Waals surface area contributed by atoms with E-state index in [-0.39, 0.29) is 6.42 Å². The lowest BCUT2D eigenvalue weighted by molar-refractivity contribution is -0.168. The van der Waals surface area contributed by atoms with Crippen LogP contribution in [0.4, 0.5) is 0 Å². The van der Waals surface area contributed by atoms with Gasteiger partial charge in [0.2, 0.25) is 0 Å². The third kappa shape index (κ3) is 2.48. The van der Waals surface area contributed by atoms with Crippen LogP contribution in [0.2, 0.25) is 0 Å². The lowest BCUT2D eigenvalue weighted by atomic mass is 9.98. The Kier molecular flexibility index (Phi) is 3.04. The molecular weight excluding hydrogens is 200 g/mol. The predicted octanol–water partition coefficient (Wildman–Crippen LogP) is 2.07. The van der Waals surface area contributed by atoms with Crippen molar-refractivity contribution in [2.75, 3.05) is 0 Å². The van der Waals surface area contributed by atoms with Crippen molar-refractivity contribution >= 4 is 0 Å². The summed E-state index contributed by atoms with van der Waals surface area (Å²) in [7, 11) is 0.